The van der Waals surface area contributed by atoms with Gasteiger partial charge in [-0.05, 0) is 36.9 Å². The van der Waals surface area contributed by atoms with Gasteiger partial charge in [0.1, 0.15) is 5.82 Å². The number of piperidine rings is 1. The molecule has 3 N–H and O–H groups in total. The molecule has 0 unspecified atom stereocenters. The van der Waals surface area contributed by atoms with Gasteiger partial charge in [-0.25, -0.2) is 10.5 Å². The largest absolute Gasteiger partial charge is 0.365 e. The Balaban J connectivity index is 1.53. The lowest BCUT2D eigenvalue weighted by atomic mass is 10.1. The number of likely N-dealkylation sites (tertiary alicyclic amines) is 1. The van der Waals surface area contributed by atoms with Crippen LogP contribution in [0.3, 0.4) is 0 Å². The first-order valence-electron chi connectivity index (χ1n) is 8.18. The van der Waals surface area contributed by atoms with Gasteiger partial charge in [-0.3, -0.25) is 19.9 Å². The fourth-order valence-electron chi connectivity index (χ4n) is 2.85. The lowest BCUT2D eigenvalue weighted by Gasteiger charge is -2.33. The monoisotopic (exact) mass is 359 g/mol. The van der Waals surface area contributed by atoms with E-state index in [0.29, 0.717) is 11.7 Å². The van der Waals surface area contributed by atoms with Gasteiger partial charge in [-0.1, -0.05) is 6.07 Å². The van der Waals surface area contributed by atoms with E-state index < -0.39 is 5.91 Å². The lowest BCUT2D eigenvalue weighted by molar-refractivity contribution is -0.124. The number of hydrogen-bond donors (Lipinski definition) is 3. The van der Waals surface area contributed by atoms with E-state index in [1.807, 2.05) is 0 Å². The van der Waals surface area contributed by atoms with Crippen LogP contribution in [0, 0.1) is 0 Å². The highest BCUT2D eigenvalue weighted by molar-refractivity contribution is 7.09. The molecule has 3 rings (SSSR count). The van der Waals surface area contributed by atoms with E-state index in [0.717, 1.165) is 38.3 Å². The summed E-state index contributed by atoms with van der Waals surface area (Å²) < 4.78 is 0. The number of aromatic nitrogens is 2. The minimum Gasteiger partial charge on any atom is -0.365 e. The van der Waals surface area contributed by atoms with Crippen LogP contribution in [0.2, 0.25) is 0 Å². The smallest absolute Gasteiger partial charge is 0.267 e. The first kappa shape index (κ1) is 17.5. The Morgan fingerprint density at radius 2 is 2.36 bits per heavy atom. The number of carbonyl (C=O) groups excluding carboxylic acids is 1. The van der Waals surface area contributed by atoms with Crippen LogP contribution in [0.4, 0.5) is 5.82 Å². The van der Waals surface area contributed by atoms with Gasteiger partial charge >= 0.3 is 0 Å². The summed E-state index contributed by atoms with van der Waals surface area (Å²) in [5.74, 6) is 0.128. The predicted octanol–water partition coefficient (Wildman–Crippen LogP) is 2.13. The van der Waals surface area contributed by atoms with Gasteiger partial charge in [0.15, 0.2) is 0 Å². The van der Waals surface area contributed by atoms with E-state index in [1.54, 1.807) is 23.7 Å². The molecule has 25 heavy (non-hydrogen) atoms. The Morgan fingerprint density at radius 1 is 1.44 bits per heavy atom. The van der Waals surface area contributed by atoms with E-state index in [2.05, 4.69) is 37.7 Å². The maximum atomic E-state index is 10.9. The van der Waals surface area contributed by atoms with Crippen molar-refractivity contribution >= 4 is 29.1 Å². The lowest BCUT2D eigenvalue weighted by Crippen LogP contribution is -2.41. The minimum atomic E-state index is -0.600. The maximum absolute atomic E-state index is 10.9. The van der Waals surface area contributed by atoms with E-state index in [4.69, 9.17) is 5.21 Å². The summed E-state index contributed by atoms with van der Waals surface area (Å²) in [6.45, 7) is 3.11. The molecule has 1 saturated heterocycles. The third kappa shape index (κ3) is 5.35. The predicted molar refractivity (Wildman–Crippen MR) is 97.2 cm³/mol. The van der Waals surface area contributed by atoms with Crippen LogP contribution in [0.1, 0.15) is 23.4 Å². The molecule has 1 aliphatic heterocycles. The van der Waals surface area contributed by atoms with Crippen molar-refractivity contribution in [2.75, 3.05) is 18.4 Å². The second kappa shape index (κ2) is 8.70. The van der Waals surface area contributed by atoms with Crippen molar-refractivity contribution < 1.29 is 10.0 Å². The van der Waals surface area contributed by atoms with Gasteiger partial charge in [0.05, 0.1) is 18.1 Å². The number of amides is 1. The van der Waals surface area contributed by atoms with Crippen LogP contribution in [0.15, 0.2) is 36.0 Å². The van der Waals surface area contributed by atoms with Crippen molar-refractivity contribution in [2.45, 2.75) is 25.4 Å². The summed E-state index contributed by atoms with van der Waals surface area (Å²) in [6.07, 6.45) is 8.21. The van der Waals surface area contributed by atoms with E-state index in [1.165, 1.54) is 22.5 Å². The Morgan fingerprint density at radius 3 is 3.08 bits per heavy atom. The topological polar surface area (TPSA) is 90.4 Å². The number of thiophene rings is 1. The van der Waals surface area contributed by atoms with Gasteiger partial charge in [-0.15, -0.1) is 11.3 Å². The zero-order chi connectivity index (χ0) is 17.5. The number of nitrogens with one attached hydrogen (secondary N) is 2. The highest BCUT2D eigenvalue weighted by Crippen LogP contribution is 2.18. The molecule has 0 aromatic carbocycles. The molecule has 0 bridgehead atoms. The summed E-state index contributed by atoms with van der Waals surface area (Å²) in [6, 6.07) is 4.62. The van der Waals surface area contributed by atoms with Gasteiger partial charge < -0.3 is 5.32 Å². The quantitative estimate of drug-likeness (QED) is 0.416. The minimum absolute atomic E-state index is 0.351. The van der Waals surface area contributed by atoms with E-state index in [-0.39, 0.29) is 0 Å². The van der Waals surface area contributed by atoms with Crippen LogP contribution >= 0.6 is 11.3 Å². The molecule has 1 atom stereocenters. The van der Waals surface area contributed by atoms with Crippen molar-refractivity contribution in [3.63, 3.8) is 0 Å². The molecule has 2 aromatic rings. The van der Waals surface area contributed by atoms with Gasteiger partial charge in [0.25, 0.3) is 5.91 Å². The van der Waals surface area contributed by atoms with Crippen molar-refractivity contribution in [1.82, 2.24) is 20.3 Å². The molecule has 2 aromatic heterocycles. The average molecular weight is 359 g/mol. The maximum Gasteiger partial charge on any atom is 0.267 e. The van der Waals surface area contributed by atoms with E-state index in [9.17, 15) is 4.79 Å². The molecule has 1 aliphatic rings. The van der Waals surface area contributed by atoms with Crippen LogP contribution in [-0.2, 0) is 11.3 Å². The Kier molecular flexibility index (Phi) is 6.10. The number of nitrogens with zero attached hydrogens (tertiary/aromatic N) is 3. The van der Waals surface area contributed by atoms with Crippen LogP contribution in [-0.4, -0.2) is 45.1 Å². The molecule has 1 fully saturated rings. The summed E-state index contributed by atoms with van der Waals surface area (Å²) in [5.41, 5.74) is 2.08. The van der Waals surface area contributed by atoms with Gasteiger partial charge in [0.2, 0.25) is 0 Å². The summed E-state index contributed by atoms with van der Waals surface area (Å²) in [4.78, 5) is 23.4. The first-order valence-corrected chi connectivity index (χ1v) is 9.06. The Labute approximate surface area is 150 Å². The number of hydrogen-bond acceptors (Lipinski definition) is 7. The number of hydroxylamine groups is 1. The second-order valence-electron chi connectivity index (χ2n) is 5.93. The fraction of sp³-hybridized carbons (Fsp3) is 0.353. The Bertz CT molecular complexity index is 702. The molecule has 3 heterocycles. The second-order valence-corrected chi connectivity index (χ2v) is 6.97. The van der Waals surface area contributed by atoms with Crippen LogP contribution < -0.4 is 10.8 Å². The normalized spacial score (nSPS) is 18.4. The van der Waals surface area contributed by atoms with Crippen LogP contribution in [0.25, 0.3) is 6.08 Å². The molecule has 0 spiro atoms. The molecule has 0 aliphatic carbocycles. The third-order valence-corrected chi connectivity index (χ3v) is 4.87. The number of carbonyl (C=O) groups is 1. The van der Waals surface area contributed by atoms with Crippen molar-refractivity contribution in [2.24, 2.45) is 0 Å². The molecule has 132 valence electrons. The number of rotatable bonds is 6. The molecular weight excluding hydrogens is 338 g/mol. The molecule has 0 radical (unpaired) electrons. The standard InChI is InChI=1S/C17H21N5O2S/c23-17(21-24)6-5-13-9-19-16(10-18-13)20-14-3-1-7-22(11-14)12-15-4-2-8-25-15/h2,4-6,8-10,14,24H,1,3,7,11-12H2,(H,19,20)(H,21,23)/b6-5+/t14-/m1/s1. The summed E-state index contributed by atoms with van der Waals surface area (Å²) >= 11 is 1.80. The first-order chi connectivity index (χ1) is 12.2. The highest BCUT2D eigenvalue weighted by Gasteiger charge is 2.20. The third-order valence-electron chi connectivity index (χ3n) is 4.00. The molecule has 1 amide bonds. The molecule has 7 nitrogen and oxygen atoms in total. The van der Waals surface area contributed by atoms with E-state index >= 15 is 0 Å². The zero-order valence-corrected chi connectivity index (χ0v) is 14.6. The van der Waals surface area contributed by atoms with Crippen molar-refractivity contribution in [3.8, 4) is 0 Å². The van der Waals surface area contributed by atoms with Gasteiger partial charge in [-0.2, -0.15) is 0 Å². The van der Waals surface area contributed by atoms with Crippen LogP contribution in [0.5, 0.6) is 0 Å². The average Bonchev–Trinajstić information content (AvgIpc) is 3.14. The number of anilines is 1. The molecule has 0 saturated carbocycles. The molecular formula is C17H21N5O2S. The van der Waals surface area contributed by atoms with Crippen molar-refractivity contribution in [1.29, 1.82) is 0 Å². The molecule has 8 heteroatoms. The van der Waals surface area contributed by atoms with Gasteiger partial charge in [0, 0.05) is 30.1 Å². The fourth-order valence-corrected chi connectivity index (χ4v) is 3.59. The van der Waals surface area contributed by atoms with Crippen molar-refractivity contribution in [3.05, 3.63) is 46.6 Å². The SMILES string of the molecule is O=C(/C=C/c1cnc(N[C@@H]2CCCN(Cc3cccs3)C2)cn1)NO. The highest BCUT2D eigenvalue weighted by atomic mass is 32.1. The summed E-state index contributed by atoms with van der Waals surface area (Å²) in [7, 11) is 0. The Hall–Kier alpha value is -2.29. The summed E-state index contributed by atoms with van der Waals surface area (Å²) in [5, 5.41) is 14.0. The zero-order valence-electron chi connectivity index (χ0n) is 13.8.